The number of sulfonamides is 1. The lowest BCUT2D eigenvalue weighted by molar-refractivity contribution is 0.0571. The summed E-state index contributed by atoms with van der Waals surface area (Å²) in [5.41, 5.74) is -0.124. The Bertz CT molecular complexity index is 360. The molecule has 0 aliphatic carbocycles. The predicted octanol–water partition coefficient (Wildman–Crippen LogP) is 0.732. The molecule has 19 heavy (non-hydrogen) atoms. The quantitative estimate of drug-likeness (QED) is 0.751. The lowest BCUT2D eigenvalue weighted by Crippen LogP contribution is -2.58. The monoisotopic (exact) mass is 291 g/mol. The van der Waals surface area contributed by atoms with Crippen molar-refractivity contribution in [3.63, 3.8) is 0 Å². The van der Waals surface area contributed by atoms with Gasteiger partial charge in [-0.2, -0.15) is 0 Å². The lowest BCUT2D eigenvalue weighted by Gasteiger charge is -2.44. The van der Waals surface area contributed by atoms with Crippen LogP contribution in [0.25, 0.3) is 0 Å². The Kier molecular flexibility index (Phi) is 6.23. The zero-order valence-corrected chi connectivity index (χ0v) is 13.6. The van der Waals surface area contributed by atoms with E-state index < -0.39 is 10.0 Å². The van der Waals surface area contributed by atoms with Crippen molar-refractivity contribution in [1.29, 1.82) is 0 Å². The summed E-state index contributed by atoms with van der Waals surface area (Å²) in [5.74, 6) is 0.215. The minimum atomic E-state index is -3.11. The number of hydrogen-bond donors (Lipinski definition) is 1. The second-order valence-corrected chi connectivity index (χ2v) is 7.80. The van der Waals surface area contributed by atoms with E-state index in [1.54, 1.807) is 0 Å². The average molecular weight is 291 g/mol. The largest absolute Gasteiger partial charge is 0.301 e. The zero-order valence-electron chi connectivity index (χ0n) is 12.8. The zero-order chi connectivity index (χ0) is 14.5. The van der Waals surface area contributed by atoms with Crippen LogP contribution in [0.2, 0.25) is 0 Å². The van der Waals surface area contributed by atoms with Gasteiger partial charge in [0.1, 0.15) is 0 Å². The van der Waals surface area contributed by atoms with Gasteiger partial charge in [0.05, 0.1) is 5.75 Å². The fourth-order valence-corrected chi connectivity index (χ4v) is 3.66. The van der Waals surface area contributed by atoms with E-state index in [2.05, 4.69) is 35.3 Å². The minimum absolute atomic E-state index is 0.124. The lowest BCUT2D eigenvalue weighted by atomic mass is 10.0. The first kappa shape index (κ1) is 16.9. The molecule has 0 aromatic carbocycles. The Morgan fingerprint density at radius 1 is 1.11 bits per heavy atom. The predicted molar refractivity (Wildman–Crippen MR) is 79.8 cm³/mol. The number of nitrogens with one attached hydrogen (secondary N) is 1. The molecular weight excluding hydrogens is 262 g/mol. The first-order valence-corrected chi connectivity index (χ1v) is 8.90. The van der Waals surface area contributed by atoms with Crippen molar-refractivity contribution < 1.29 is 8.42 Å². The SMILES string of the molecule is CCCS(=O)(=O)NCC(C)(C)N1CCN(CC)CC1. The molecule has 1 rings (SSSR count). The first-order valence-electron chi connectivity index (χ1n) is 7.25. The van der Waals surface area contributed by atoms with Gasteiger partial charge in [0.15, 0.2) is 0 Å². The normalized spacial score (nSPS) is 19.8. The van der Waals surface area contributed by atoms with Crippen molar-refractivity contribution in [3.8, 4) is 0 Å². The third kappa shape index (κ3) is 5.38. The summed E-state index contributed by atoms with van der Waals surface area (Å²) < 4.78 is 26.2. The molecule has 0 atom stereocenters. The van der Waals surface area contributed by atoms with Crippen molar-refractivity contribution in [2.75, 3.05) is 45.0 Å². The third-order valence-corrected chi connectivity index (χ3v) is 5.40. The van der Waals surface area contributed by atoms with Crippen molar-refractivity contribution in [2.24, 2.45) is 0 Å². The number of likely N-dealkylation sites (N-methyl/N-ethyl adjacent to an activating group) is 1. The van der Waals surface area contributed by atoms with Gasteiger partial charge in [-0.1, -0.05) is 13.8 Å². The molecule has 0 spiro atoms. The van der Waals surface area contributed by atoms with Gasteiger partial charge in [-0.3, -0.25) is 4.90 Å². The first-order chi connectivity index (χ1) is 8.80. The van der Waals surface area contributed by atoms with Crippen molar-refractivity contribution in [1.82, 2.24) is 14.5 Å². The molecule has 0 saturated carbocycles. The van der Waals surface area contributed by atoms with Gasteiger partial charge in [-0.25, -0.2) is 13.1 Å². The Balaban J connectivity index is 2.48. The molecular formula is C13H29N3O2S. The van der Waals surface area contributed by atoms with E-state index in [0.717, 1.165) is 32.7 Å². The minimum Gasteiger partial charge on any atom is -0.301 e. The molecule has 0 bridgehead atoms. The highest BCUT2D eigenvalue weighted by Crippen LogP contribution is 2.16. The maximum absolute atomic E-state index is 11.7. The number of rotatable bonds is 7. The van der Waals surface area contributed by atoms with E-state index in [0.29, 0.717) is 13.0 Å². The number of nitrogens with zero attached hydrogens (tertiary/aromatic N) is 2. The second-order valence-electron chi connectivity index (χ2n) is 5.87. The summed E-state index contributed by atoms with van der Waals surface area (Å²) in [6.07, 6.45) is 0.658. The molecule has 1 fully saturated rings. The fraction of sp³-hybridized carbons (Fsp3) is 1.00. The highest BCUT2D eigenvalue weighted by molar-refractivity contribution is 7.89. The van der Waals surface area contributed by atoms with Crippen LogP contribution in [-0.2, 0) is 10.0 Å². The maximum atomic E-state index is 11.7. The van der Waals surface area contributed by atoms with E-state index in [4.69, 9.17) is 0 Å². The van der Waals surface area contributed by atoms with E-state index in [9.17, 15) is 8.42 Å². The van der Waals surface area contributed by atoms with Crippen LogP contribution >= 0.6 is 0 Å². The van der Waals surface area contributed by atoms with Gasteiger partial charge < -0.3 is 4.90 Å². The molecule has 114 valence electrons. The van der Waals surface area contributed by atoms with E-state index in [1.165, 1.54) is 0 Å². The fourth-order valence-electron chi connectivity index (χ4n) is 2.41. The summed E-state index contributed by atoms with van der Waals surface area (Å²) >= 11 is 0. The van der Waals surface area contributed by atoms with Crippen molar-refractivity contribution in [2.45, 2.75) is 39.7 Å². The molecule has 0 amide bonds. The molecule has 1 aliphatic rings. The summed E-state index contributed by atoms with van der Waals surface area (Å²) in [6, 6.07) is 0. The number of hydrogen-bond acceptors (Lipinski definition) is 4. The molecule has 6 heteroatoms. The van der Waals surface area contributed by atoms with Crippen molar-refractivity contribution >= 4 is 10.0 Å². The van der Waals surface area contributed by atoms with E-state index in [-0.39, 0.29) is 11.3 Å². The smallest absolute Gasteiger partial charge is 0.211 e. The van der Waals surface area contributed by atoms with Gasteiger partial charge >= 0.3 is 0 Å². The highest BCUT2D eigenvalue weighted by Gasteiger charge is 2.30. The van der Waals surface area contributed by atoms with Crippen LogP contribution in [0.4, 0.5) is 0 Å². The van der Waals surface area contributed by atoms with Crippen molar-refractivity contribution in [3.05, 3.63) is 0 Å². The summed E-state index contributed by atoms with van der Waals surface area (Å²) in [4.78, 5) is 4.81. The van der Waals surface area contributed by atoms with Crippen LogP contribution in [-0.4, -0.2) is 68.8 Å². The van der Waals surface area contributed by atoms with Crippen LogP contribution in [0.5, 0.6) is 0 Å². The van der Waals surface area contributed by atoms with Gasteiger partial charge in [-0.15, -0.1) is 0 Å². The molecule has 1 aliphatic heterocycles. The Morgan fingerprint density at radius 3 is 2.16 bits per heavy atom. The van der Waals surface area contributed by atoms with E-state index in [1.807, 2.05) is 6.92 Å². The van der Waals surface area contributed by atoms with Crippen LogP contribution in [0.15, 0.2) is 0 Å². The summed E-state index contributed by atoms with van der Waals surface area (Å²) in [6.45, 7) is 14.0. The molecule has 1 N–H and O–H groups in total. The Labute approximate surface area is 118 Å². The molecule has 0 aromatic rings. The maximum Gasteiger partial charge on any atom is 0.211 e. The van der Waals surface area contributed by atoms with Crippen LogP contribution < -0.4 is 4.72 Å². The molecule has 1 heterocycles. The number of piperazine rings is 1. The van der Waals surface area contributed by atoms with Gasteiger partial charge in [0, 0.05) is 38.3 Å². The van der Waals surface area contributed by atoms with Gasteiger partial charge in [0.2, 0.25) is 10.0 Å². The molecule has 0 aromatic heterocycles. The Morgan fingerprint density at radius 2 is 1.68 bits per heavy atom. The van der Waals surface area contributed by atoms with Crippen LogP contribution in [0.1, 0.15) is 34.1 Å². The van der Waals surface area contributed by atoms with Gasteiger partial charge in [0.25, 0.3) is 0 Å². The van der Waals surface area contributed by atoms with Crippen LogP contribution in [0.3, 0.4) is 0 Å². The molecule has 0 unspecified atom stereocenters. The molecule has 5 nitrogen and oxygen atoms in total. The topological polar surface area (TPSA) is 52.7 Å². The second kappa shape index (κ2) is 7.02. The summed E-state index contributed by atoms with van der Waals surface area (Å²) in [7, 11) is -3.11. The standard InChI is InChI=1S/C13H29N3O2S/c1-5-11-19(17,18)14-12-13(3,4)16-9-7-15(6-2)8-10-16/h14H,5-12H2,1-4H3. The van der Waals surface area contributed by atoms with Gasteiger partial charge in [-0.05, 0) is 26.8 Å². The Hall–Kier alpha value is -0.170. The molecule has 0 radical (unpaired) electrons. The highest BCUT2D eigenvalue weighted by atomic mass is 32.2. The van der Waals surface area contributed by atoms with Crippen LogP contribution in [0, 0.1) is 0 Å². The molecule has 1 saturated heterocycles. The van der Waals surface area contributed by atoms with E-state index >= 15 is 0 Å². The average Bonchev–Trinajstić information content (AvgIpc) is 2.37. The summed E-state index contributed by atoms with van der Waals surface area (Å²) in [5, 5.41) is 0. The third-order valence-electron chi connectivity index (χ3n) is 3.87.